The standard InChI is InChI=1S/C25H27ClF2N2O3/c1-23(2,3)21-11-15-10-14(4-6-18(15)30(21)9-8-26)17-13-24(17,22(29)31)16-5-7-19-20(12-16)33-25(27,28)32-19/h4-7,10,12,17,21H,8-9,11,13H2,1-3H3,(H2,29,31). The first kappa shape index (κ1) is 22.3. The van der Waals surface area contributed by atoms with Crippen LogP contribution in [0.1, 0.15) is 49.8 Å². The number of benzene rings is 2. The zero-order valence-electron chi connectivity index (χ0n) is 18.8. The van der Waals surface area contributed by atoms with E-state index in [4.69, 9.17) is 17.3 Å². The molecule has 1 fully saturated rings. The second-order valence-electron chi connectivity index (χ2n) is 10.3. The van der Waals surface area contributed by atoms with Crippen molar-refractivity contribution in [1.82, 2.24) is 0 Å². The Labute approximate surface area is 196 Å². The lowest BCUT2D eigenvalue weighted by Gasteiger charge is -2.36. The number of primary amides is 1. The number of hydrogen-bond donors (Lipinski definition) is 1. The fourth-order valence-corrected chi connectivity index (χ4v) is 5.70. The first-order chi connectivity index (χ1) is 15.5. The summed E-state index contributed by atoms with van der Waals surface area (Å²) < 4.78 is 36.0. The molecule has 2 aromatic carbocycles. The molecule has 3 aliphatic rings. The number of carbonyl (C=O) groups is 1. The Morgan fingerprint density at radius 3 is 2.58 bits per heavy atom. The number of nitrogens with two attached hydrogens (primary N) is 1. The van der Waals surface area contributed by atoms with Crippen LogP contribution in [0.2, 0.25) is 0 Å². The van der Waals surface area contributed by atoms with Gasteiger partial charge in [0.2, 0.25) is 5.91 Å². The number of rotatable bonds is 5. The molecule has 5 rings (SSSR count). The Hall–Kier alpha value is -2.54. The van der Waals surface area contributed by atoms with Crippen LogP contribution in [-0.4, -0.2) is 30.7 Å². The third kappa shape index (κ3) is 3.52. The Bertz CT molecular complexity index is 1130. The third-order valence-corrected chi connectivity index (χ3v) is 7.42. The number of nitrogens with zero attached hydrogens (tertiary/aromatic N) is 1. The van der Waals surface area contributed by atoms with Gasteiger partial charge in [-0.3, -0.25) is 4.79 Å². The van der Waals surface area contributed by atoms with Gasteiger partial charge in [0.05, 0.1) is 5.41 Å². The van der Waals surface area contributed by atoms with Crippen molar-refractivity contribution in [3.8, 4) is 11.5 Å². The average Bonchev–Trinajstić information content (AvgIpc) is 3.27. The Balaban J connectivity index is 1.47. The third-order valence-electron chi connectivity index (χ3n) is 7.25. The van der Waals surface area contributed by atoms with Crippen LogP contribution in [-0.2, 0) is 16.6 Å². The smallest absolute Gasteiger partial charge is 0.395 e. The summed E-state index contributed by atoms with van der Waals surface area (Å²) in [5.74, 6) is -0.191. The number of hydrogen-bond acceptors (Lipinski definition) is 4. The van der Waals surface area contributed by atoms with Gasteiger partial charge in [-0.25, -0.2) is 0 Å². The number of fused-ring (bicyclic) bond motifs is 2. The summed E-state index contributed by atoms with van der Waals surface area (Å²) in [6.45, 7) is 7.46. The number of ether oxygens (including phenoxy) is 2. The molecule has 176 valence electrons. The number of amides is 1. The molecule has 0 spiro atoms. The highest BCUT2D eigenvalue weighted by Crippen LogP contribution is 2.62. The van der Waals surface area contributed by atoms with E-state index >= 15 is 0 Å². The highest BCUT2D eigenvalue weighted by atomic mass is 35.5. The van der Waals surface area contributed by atoms with Gasteiger partial charge in [0, 0.05) is 30.1 Å². The Morgan fingerprint density at radius 1 is 1.18 bits per heavy atom. The number of anilines is 1. The highest BCUT2D eigenvalue weighted by molar-refractivity contribution is 6.18. The summed E-state index contributed by atoms with van der Waals surface area (Å²) in [5.41, 5.74) is 8.98. The minimum absolute atomic E-state index is 0.0503. The maximum absolute atomic E-state index is 13.5. The molecule has 2 aromatic rings. The van der Waals surface area contributed by atoms with Crippen molar-refractivity contribution in [2.24, 2.45) is 11.1 Å². The van der Waals surface area contributed by atoms with Gasteiger partial charge < -0.3 is 20.1 Å². The monoisotopic (exact) mass is 476 g/mol. The zero-order chi connectivity index (χ0) is 23.8. The lowest BCUT2D eigenvalue weighted by Crippen LogP contribution is -2.42. The molecule has 2 N–H and O–H groups in total. The lowest BCUT2D eigenvalue weighted by molar-refractivity contribution is -0.286. The highest BCUT2D eigenvalue weighted by Gasteiger charge is 2.61. The van der Waals surface area contributed by atoms with E-state index in [1.54, 1.807) is 6.07 Å². The van der Waals surface area contributed by atoms with Crippen molar-refractivity contribution >= 4 is 23.2 Å². The van der Waals surface area contributed by atoms with E-state index in [1.807, 2.05) is 6.07 Å². The molecule has 33 heavy (non-hydrogen) atoms. The minimum Gasteiger partial charge on any atom is -0.395 e. The van der Waals surface area contributed by atoms with Gasteiger partial charge in [-0.1, -0.05) is 39.0 Å². The van der Waals surface area contributed by atoms with Crippen LogP contribution in [0.5, 0.6) is 11.5 Å². The van der Waals surface area contributed by atoms with Crippen LogP contribution in [0.4, 0.5) is 14.5 Å². The van der Waals surface area contributed by atoms with Crippen molar-refractivity contribution in [2.75, 3.05) is 17.3 Å². The van der Waals surface area contributed by atoms with Crippen molar-refractivity contribution in [3.63, 3.8) is 0 Å². The van der Waals surface area contributed by atoms with Gasteiger partial charge in [-0.15, -0.1) is 20.4 Å². The molecule has 0 saturated heterocycles. The second kappa shape index (κ2) is 7.23. The van der Waals surface area contributed by atoms with Gasteiger partial charge in [0.1, 0.15) is 0 Å². The molecule has 3 unspecified atom stereocenters. The zero-order valence-corrected chi connectivity index (χ0v) is 19.6. The van der Waals surface area contributed by atoms with Crippen LogP contribution >= 0.6 is 11.6 Å². The molecule has 0 radical (unpaired) electrons. The van der Waals surface area contributed by atoms with Gasteiger partial charge in [0.25, 0.3) is 0 Å². The van der Waals surface area contributed by atoms with Gasteiger partial charge in [-0.2, -0.15) is 0 Å². The first-order valence-electron chi connectivity index (χ1n) is 11.1. The molecule has 1 amide bonds. The summed E-state index contributed by atoms with van der Waals surface area (Å²) in [6.07, 6.45) is -2.29. The summed E-state index contributed by atoms with van der Waals surface area (Å²) >= 11 is 6.09. The van der Waals surface area contributed by atoms with E-state index in [1.165, 1.54) is 23.4 Å². The second-order valence-corrected chi connectivity index (χ2v) is 10.7. The van der Waals surface area contributed by atoms with Gasteiger partial charge in [0.15, 0.2) is 11.5 Å². The van der Waals surface area contributed by atoms with Crippen LogP contribution in [0, 0.1) is 5.41 Å². The number of alkyl halides is 3. The van der Waals surface area contributed by atoms with E-state index < -0.39 is 17.6 Å². The number of halogens is 3. The van der Waals surface area contributed by atoms with Gasteiger partial charge in [-0.05, 0) is 53.1 Å². The minimum atomic E-state index is -3.71. The molecule has 3 atom stereocenters. The SMILES string of the molecule is CC(C)(C)C1Cc2cc(C3CC3(C(N)=O)c3ccc4c(c3)OC(F)(F)O4)ccc2N1CCCl. The van der Waals surface area contributed by atoms with Crippen LogP contribution < -0.4 is 20.1 Å². The largest absolute Gasteiger partial charge is 0.586 e. The molecule has 2 heterocycles. The van der Waals surface area contributed by atoms with Crippen molar-refractivity contribution in [2.45, 2.75) is 57.3 Å². The van der Waals surface area contributed by atoms with E-state index in [2.05, 4.69) is 47.3 Å². The van der Waals surface area contributed by atoms with Crippen molar-refractivity contribution in [3.05, 3.63) is 53.1 Å². The molecule has 5 nitrogen and oxygen atoms in total. The van der Waals surface area contributed by atoms with E-state index in [9.17, 15) is 13.6 Å². The average molecular weight is 477 g/mol. The molecule has 0 bridgehead atoms. The molecule has 1 saturated carbocycles. The molecule has 1 aliphatic carbocycles. The Morgan fingerprint density at radius 2 is 1.91 bits per heavy atom. The summed E-state index contributed by atoms with van der Waals surface area (Å²) in [6, 6.07) is 11.1. The molecule has 0 aromatic heterocycles. The molecular weight excluding hydrogens is 450 g/mol. The molecular formula is C25H27ClF2N2O3. The lowest BCUT2D eigenvalue weighted by atomic mass is 9.84. The van der Waals surface area contributed by atoms with Crippen molar-refractivity contribution < 1.29 is 23.0 Å². The van der Waals surface area contributed by atoms with Crippen molar-refractivity contribution in [1.29, 1.82) is 0 Å². The van der Waals surface area contributed by atoms with Gasteiger partial charge >= 0.3 is 6.29 Å². The van der Waals surface area contributed by atoms with Crippen LogP contribution in [0.15, 0.2) is 36.4 Å². The summed E-state index contributed by atoms with van der Waals surface area (Å²) in [4.78, 5) is 15.0. The molecule has 2 aliphatic heterocycles. The maximum Gasteiger partial charge on any atom is 0.586 e. The maximum atomic E-state index is 13.5. The number of carbonyl (C=O) groups excluding carboxylic acids is 1. The topological polar surface area (TPSA) is 64.8 Å². The van der Waals surface area contributed by atoms with Crippen LogP contribution in [0.3, 0.4) is 0 Å². The quantitative estimate of drug-likeness (QED) is 0.621. The van der Waals surface area contributed by atoms with E-state index in [0.717, 1.165) is 18.5 Å². The van der Waals surface area contributed by atoms with Crippen LogP contribution in [0.25, 0.3) is 0 Å². The predicted octanol–water partition coefficient (Wildman–Crippen LogP) is 4.93. The molecule has 8 heteroatoms. The predicted molar refractivity (Wildman–Crippen MR) is 122 cm³/mol. The van der Waals surface area contributed by atoms with E-state index in [-0.39, 0.29) is 22.8 Å². The fraction of sp³-hybridized carbons (Fsp3) is 0.480. The van der Waals surface area contributed by atoms with E-state index in [0.29, 0.717) is 23.9 Å². The summed E-state index contributed by atoms with van der Waals surface area (Å²) in [7, 11) is 0. The normalized spacial score (nSPS) is 26.9. The summed E-state index contributed by atoms with van der Waals surface area (Å²) in [5, 5.41) is 0. The fourth-order valence-electron chi connectivity index (χ4n) is 5.52. The Kier molecular flexibility index (Phi) is 4.88. The first-order valence-corrected chi connectivity index (χ1v) is 11.7.